The molecule has 1 unspecified atom stereocenters. The van der Waals surface area contributed by atoms with Gasteiger partial charge in [-0.2, -0.15) is 0 Å². The van der Waals surface area contributed by atoms with Crippen molar-refractivity contribution in [3.8, 4) is 0 Å². The number of aromatic carboxylic acids is 1. The number of nitrogens with two attached hydrogens (primary N) is 1. The van der Waals surface area contributed by atoms with Gasteiger partial charge in [0.2, 0.25) is 0 Å². The van der Waals surface area contributed by atoms with Gasteiger partial charge in [0.1, 0.15) is 17.2 Å². The molecule has 0 spiro atoms. The first-order chi connectivity index (χ1) is 9.58. The lowest BCUT2D eigenvalue weighted by Crippen LogP contribution is -2.13. The van der Waals surface area contributed by atoms with E-state index >= 15 is 0 Å². The molecule has 0 fully saturated rings. The molecular weight excluding hydrogens is 254 g/mol. The lowest BCUT2D eigenvalue weighted by atomic mass is 10.00. The van der Waals surface area contributed by atoms with Crippen molar-refractivity contribution in [3.63, 3.8) is 0 Å². The maximum absolute atomic E-state index is 11.1. The summed E-state index contributed by atoms with van der Waals surface area (Å²) in [6.45, 7) is 1.66. The molecule has 1 atom stereocenters. The minimum absolute atomic E-state index is 0.0000297. The van der Waals surface area contributed by atoms with E-state index in [9.17, 15) is 4.79 Å². The highest BCUT2D eigenvalue weighted by molar-refractivity contribution is 5.93. The number of benzene rings is 1. The SMILES string of the molecule is Cc1nc(C2CCc3ccccc32)nc(N)c1C(=O)O. The van der Waals surface area contributed by atoms with Crippen molar-refractivity contribution in [1.82, 2.24) is 9.97 Å². The molecule has 5 heteroatoms. The van der Waals surface area contributed by atoms with E-state index in [4.69, 9.17) is 10.8 Å². The van der Waals surface area contributed by atoms with Gasteiger partial charge in [-0.1, -0.05) is 24.3 Å². The molecule has 1 aromatic carbocycles. The van der Waals surface area contributed by atoms with Crippen LogP contribution in [0.4, 0.5) is 5.82 Å². The number of hydrogen-bond acceptors (Lipinski definition) is 4. The predicted octanol–water partition coefficient (Wildman–Crippen LogP) is 2.14. The molecule has 3 rings (SSSR count). The van der Waals surface area contributed by atoms with Crippen LogP contribution in [0.3, 0.4) is 0 Å². The zero-order valence-corrected chi connectivity index (χ0v) is 11.1. The number of fused-ring (bicyclic) bond motifs is 1. The van der Waals surface area contributed by atoms with E-state index in [1.807, 2.05) is 12.1 Å². The molecule has 1 aliphatic rings. The fourth-order valence-electron chi connectivity index (χ4n) is 2.86. The highest BCUT2D eigenvalue weighted by Crippen LogP contribution is 2.36. The van der Waals surface area contributed by atoms with Crippen LogP contribution >= 0.6 is 0 Å². The van der Waals surface area contributed by atoms with E-state index in [2.05, 4.69) is 22.1 Å². The molecule has 0 saturated heterocycles. The van der Waals surface area contributed by atoms with Crippen molar-refractivity contribution in [2.75, 3.05) is 5.73 Å². The van der Waals surface area contributed by atoms with Crippen molar-refractivity contribution >= 4 is 11.8 Å². The fraction of sp³-hybridized carbons (Fsp3) is 0.267. The van der Waals surface area contributed by atoms with Gasteiger partial charge in [0.05, 0.1) is 5.69 Å². The number of nitrogens with zero attached hydrogens (tertiary/aromatic N) is 2. The Hall–Kier alpha value is -2.43. The minimum Gasteiger partial charge on any atom is -0.477 e. The standard InChI is InChI=1S/C15H15N3O2/c1-8-12(15(19)20)13(16)18-14(17-8)11-7-6-9-4-2-3-5-10(9)11/h2-5,11H,6-7H2,1H3,(H,19,20)(H2,16,17,18). The van der Waals surface area contributed by atoms with Crippen LogP contribution < -0.4 is 5.73 Å². The lowest BCUT2D eigenvalue weighted by Gasteiger charge is -2.13. The first kappa shape index (κ1) is 12.6. The summed E-state index contributed by atoms with van der Waals surface area (Å²) in [6, 6.07) is 8.21. The number of nitrogen functional groups attached to an aromatic ring is 1. The largest absolute Gasteiger partial charge is 0.477 e. The summed E-state index contributed by atoms with van der Waals surface area (Å²) >= 11 is 0. The summed E-state index contributed by atoms with van der Waals surface area (Å²) < 4.78 is 0. The number of rotatable bonds is 2. The van der Waals surface area contributed by atoms with Crippen molar-refractivity contribution in [1.29, 1.82) is 0 Å². The molecule has 3 N–H and O–H groups in total. The Labute approximate surface area is 116 Å². The molecule has 20 heavy (non-hydrogen) atoms. The summed E-state index contributed by atoms with van der Waals surface area (Å²) in [7, 11) is 0. The zero-order valence-electron chi connectivity index (χ0n) is 11.1. The molecule has 0 radical (unpaired) electrons. The third-order valence-corrected chi connectivity index (χ3v) is 3.79. The van der Waals surface area contributed by atoms with Crippen LogP contribution in [-0.2, 0) is 6.42 Å². The summed E-state index contributed by atoms with van der Waals surface area (Å²) in [5.74, 6) is -0.312. The first-order valence-corrected chi connectivity index (χ1v) is 6.53. The summed E-state index contributed by atoms with van der Waals surface area (Å²) in [5.41, 5.74) is 8.72. The van der Waals surface area contributed by atoms with Crippen LogP contribution in [0.15, 0.2) is 24.3 Å². The maximum atomic E-state index is 11.1. The van der Waals surface area contributed by atoms with E-state index < -0.39 is 5.97 Å². The molecule has 0 amide bonds. The molecule has 2 aromatic rings. The van der Waals surface area contributed by atoms with Crippen molar-refractivity contribution < 1.29 is 9.90 Å². The van der Waals surface area contributed by atoms with Crippen molar-refractivity contribution in [2.45, 2.75) is 25.7 Å². The topological polar surface area (TPSA) is 89.1 Å². The number of carboxylic acids is 1. The van der Waals surface area contributed by atoms with E-state index in [1.165, 1.54) is 11.1 Å². The summed E-state index contributed by atoms with van der Waals surface area (Å²) in [5, 5.41) is 9.10. The normalized spacial score (nSPS) is 16.9. The number of hydrogen-bond donors (Lipinski definition) is 2. The van der Waals surface area contributed by atoms with E-state index in [0.29, 0.717) is 11.5 Å². The Morgan fingerprint density at radius 1 is 1.35 bits per heavy atom. The molecule has 1 heterocycles. The molecular formula is C15H15N3O2. The highest BCUT2D eigenvalue weighted by Gasteiger charge is 2.27. The molecule has 5 nitrogen and oxygen atoms in total. The molecule has 102 valence electrons. The number of anilines is 1. The summed E-state index contributed by atoms with van der Waals surface area (Å²) in [6.07, 6.45) is 1.93. The number of aromatic nitrogens is 2. The Kier molecular flexibility index (Phi) is 2.89. The first-order valence-electron chi connectivity index (χ1n) is 6.53. The molecule has 1 aromatic heterocycles. The van der Waals surface area contributed by atoms with Gasteiger partial charge < -0.3 is 10.8 Å². The van der Waals surface area contributed by atoms with Gasteiger partial charge in [0.25, 0.3) is 0 Å². The van der Waals surface area contributed by atoms with Crippen LogP contribution in [0.25, 0.3) is 0 Å². The van der Waals surface area contributed by atoms with Gasteiger partial charge in [-0.3, -0.25) is 0 Å². The van der Waals surface area contributed by atoms with E-state index in [-0.39, 0.29) is 17.3 Å². The predicted molar refractivity (Wildman–Crippen MR) is 74.7 cm³/mol. The van der Waals surface area contributed by atoms with Crippen molar-refractivity contribution in [3.05, 3.63) is 52.5 Å². The van der Waals surface area contributed by atoms with Crippen LogP contribution in [0, 0.1) is 6.92 Å². The Balaban J connectivity index is 2.07. The fourth-order valence-corrected chi connectivity index (χ4v) is 2.86. The minimum atomic E-state index is -1.08. The molecule has 0 saturated carbocycles. The average Bonchev–Trinajstić information content (AvgIpc) is 2.81. The molecule has 0 bridgehead atoms. The Morgan fingerprint density at radius 3 is 2.80 bits per heavy atom. The number of carboxylic acid groups (broad SMARTS) is 1. The van der Waals surface area contributed by atoms with Crippen LogP contribution in [0.5, 0.6) is 0 Å². The monoisotopic (exact) mass is 269 g/mol. The van der Waals surface area contributed by atoms with Crippen LogP contribution in [0.2, 0.25) is 0 Å². The van der Waals surface area contributed by atoms with E-state index in [1.54, 1.807) is 6.92 Å². The van der Waals surface area contributed by atoms with Gasteiger partial charge in [-0.15, -0.1) is 0 Å². The van der Waals surface area contributed by atoms with E-state index in [0.717, 1.165) is 12.8 Å². The second-order valence-corrected chi connectivity index (χ2v) is 5.02. The summed E-state index contributed by atoms with van der Waals surface area (Å²) in [4.78, 5) is 19.7. The highest BCUT2D eigenvalue weighted by atomic mass is 16.4. The zero-order chi connectivity index (χ0) is 14.3. The van der Waals surface area contributed by atoms with Gasteiger partial charge >= 0.3 is 5.97 Å². The third kappa shape index (κ3) is 1.91. The maximum Gasteiger partial charge on any atom is 0.341 e. The van der Waals surface area contributed by atoms with Crippen LogP contribution in [0.1, 0.15) is 45.3 Å². The average molecular weight is 269 g/mol. The lowest BCUT2D eigenvalue weighted by molar-refractivity contribution is 0.0696. The quantitative estimate of drug-likeness (QED) is 0.871. The second-order valence-electron chi connectivity index (χ2n) is 5.02. The molecule has 0 aliphatic heterocycles. The van der Waals surface area contributed by atoms with Gasteiger partial charge in [0, 0.05) is 5.92 Å². The van der Waals surface area contributed by atoms with Gasteiger partial charge in [-0.05, 0) is 30.9 Å². The second kappa shape index (κ2) is 4.59. The van der Waals surface area contributed by atoms with Gasteiger partial charge in [0.15, 0.2) is 0 Å². The number of aryl methyl sites for hydroxylation is 2. The smallest absolute Gasteiger partial charge is 0.341 e. The van der Waals surface area contributed by atoms with Crippen LogP contribution in [-0.4, -0.2) is 21.0 Å². The van der Waals surface area contributed by atoms with Gasteiger partial charge in [-0.25, -0.2) is 14.8 Å². The Morgan fingerprint density at radius 2 is 2.10 bits per heavy atom. The third-order valence-electron chi connectivity index (χ3n) is 3.79. The molecule has 1 aliphatic carbocycles. The van der Waals surface area contributed by atoms with Crippen molar-refractivity contribution in [2.24, 2.45) is 0 Å². The number of carbonyl (C=O) groups is 1. The Bertz CT molecular complexity index is 674.